The Morgan fingerprint density at radius 1 is 0.868 bits per heavy atom. The quantitative estimate of drug-likeness (QED) is 0.358. The van der Waals surface area contributed by atoms with Gasteiger partial charge in [-0.05, 0) is 18.6 Å². The first-order valence-corrected chi connectivity index (χ1v) is 12.9. The molecule has 3 N–H and O–H groups in total. The van der Waals surface area contributed by atoms with Crippen molar-refractivity contribution in [1.82, 2.24) is 25.1 Å². The molecule has 0 aliphatic carbocycles. The summed E-state index contributed by atoms with van der Waals surface area (Å²) >= 11 is 0. The fourth-order valence-electron chi connectivity index (χ4n) is 4.27. The lowest BCUT2D eigenvalue weighted by molar-refractivity contribution is -0.119. The van der Waals surface area contributed by atoms with E-state index in [9.17, 15) is 9.59 Å². The van der Waals surface area contributed by atoms with Crippen LogP contribution in [0.3, 0.4) is 0 Å². The van der Waals surface area contributed by atoms with Gasteiger partial charge < -0.3 is 20.9 Å². The van der Waals surface area contributed by atoms with Gasteiger partial charge in [-0.25, -0.2) is 9.97 Å². The molecule has 198 valence electrons. The number of aromatic nitrogens is 2. The molecule has 0 saturated carbocycles. The summed E-state index contributed by atoms with van der Waals surface area (Å²) in [5, 5.41) is 8.90. The summed E-state index contributed by atoms with van der Waals surface area (Å²) in [6.07, 6.45) is 2.20. The van der Waals surface area contributed by atoms with Crippen LogP contribution in [0.15, 0.2) is 72.4 Å². The Labute approximate surface area is 224 Å². The normalized spacial score (nSPS) is 14.2. The lowest BCUT2D eigenvalue weighted by atomic mass is 10.2. The molecule has 0 spiro atoms. The van der Waals surface area contributed by atoms with Crippen molar-refractivity contribution in [2.24, 2.45) is 0 Å². The van der Waals surface area contributed by atoms with Crippen LogP contribution in [0.4, 0.5) is 11.6 Å². The van der Waals surface area contributed by atoms with E-state index in [1.165, 1.54) is 18.2 Å². The molecule has 1 aromatic heterocycles. The number of benzene rings is 2. The van der Waals surface area contributed by atoms with Crippen molar-refractivity contribution in [1.29, 1.82) is 0 Å². The standard InChI is InChI=1S/C29H35N7O2/c1-22(19-24-9-5-3-6-10-24)36-17-15-35(16-18-36)21-28(38)32-27-20-26(31-14-13-30-23(2)37)33-29(34-27)25-11-7-4-8-12-25/h3-12,19-20H,13-18,21H2,1-2H3,(H,30,37)(H2,31,32,33,34,38)/b22-19-. The molecule has 0 radical (unpaired) electrons. The van der Waals surface area contributed by atoms with Crippen LogP contribution in [-0.2, 0) is 9.59 Å². The third-order valence-electron chi connectivity index (χ3n) is 6.24. The summed E-state index contributed by atoms with van der Waals surface area (Å²) in [4.78, 5) is 37.8. The van der Waals surface area contributed by atoms with Crippen LogP contribution >= 0.6 is 0 Å². The highest BCUT2D eigenvalue weighted by atomic mass is 16.2. The van der Waals surface area contributed by atoms with Gasteiger partial charge >= 0.3 is 0 Å². The van der Waals surface area contributed by atoms with Gasteiger partial charge in [0.1, 0.15) is 11.6 Å². The van der Waals surface area contributed by atoms with Gasteiger partial charge in [0.05, 0.1) is 6.54 Å². The van der Waals surface area contributed by atoms with Crippen LogP contribution in [0.25, 0.3) is 17.5 Å². The maximum Gasteiger partial charge on any atom is 0.239 e. The zero-order valence-corrected chi connectivity index (χ0v) is 22.0. The van der Waals surface area contributed by atoms with Gasteiger partial charge in [0.2, 0.25) is 11.8 Å². The van der Waals surface area contributed by atoms with Gasteiger partial charge in [-0.1, -0.05) is 60.7 Å². The van der Waals surface area contributed by atoms with Crippen molar-refractivity contribution in [2.75, 3.05) is 56.4 Å². The number of amides is 2. The number of rotatable bonds is 10. The Hall–Kier alpha value is -4.24. The smallest absolute Gasteiger partial charge is 0.239 e. The highest BCUT2D eigenvalue weighted by Gasteiger charge is 2.20. The van der Waals surface area contributed by atoms with E-state index in [1.807, 2.05) is 48.5 Å². The van der Waals surface area contributed by atoms with Crippen molar-refractivity contribution >= 4 is 29.5 Å². The van der Waals surface area contributed by atoms with Crippen LogP contribution < -0.4 is 16.0 Å². The second-order valence-corrected chi connectivity index (χ2v) is 9.25. The van der Waals surface area contributed by atoms with Gasteiger partial charge in [0, 0.05) is 63.5 Å². The molecule has 4 rings (SSSR count). The summed E-state index contributed by atoms with van der Waals surface area (Å²) in [5.41, 5.74) is 3.27. The average Bonchev–Trinajstić information content (AvgIpc) is 2.92. The molecule has 1 saturated heterocycles. The number of nitrogens with zero attached hydrogens (tertiary/aromatic N) is 4. The highest BCUT2D eigenvalue weighted by Crippen LogP contribution is 2.20. The number of hydrogen-bond acceptors (Lipinski definition) is 7. The highest BCUT2D eigenvalue weighted by molar-refractivity contribution is 5.92. The predicted octanol–water partition coefficient (Wildman–Crippen LogP) is 3.31. The molecular formula is C29H35N7O2. The van der Waals surface area contributed by atoms with E-state index in [1.54, 1.807) is 6.07 Å². The van der Waals surface area contributed by atoms with Crippen molar-refractivity contribution in [3.8, 4) is 11.4 Å². The fraction of sp³-hybridized carbons (Fsp3) is 0.310. The number of hydrogen-bond donors (Lipinski definition) is 3. The Morgan fingerprint density at radius 3 is 2.21 bits per heavy atom. The van der Waals surface area contributed by atoms with E-state index in [-0.39, 0.29) is 11.8 Å². The van der Waals surface area contributed by atoms with E-state index in [2.05, 4.69) is 60.9 Å². The number of piperazine rings is 1. The van der Waals surface area contributed by atoms with E-state index in [0.29, 0.717) is 37.1 Å². The number of anilines is 2. The summed E-state index contributed by atoms with van der Waals surface area (Å²) in [6.45, 7) is 8.24. The second-order valence-electron chi connectivity index (χ2n) is 9.25. The number of carbonyl (C=O) groups is 2. The third-order valence-corrected chi connectivity index (χ3v) is 6.24. The van der Waals surface area contributed by atoms with Gasteiger partial charge in [-0.15, -0.1) is 0 Å². The Balaban J connectivity index is 1.35. The lowest BCUT2D eigenvalue weighted by Crippen LogP contribution is -2.47. The van der Waals surface area contributed by atoms with Gasteiger partial charge in [-0.3, -0.25) is 14.5 Å². The monoisotopic (exact) mass is 513 g/mol. The zero-order chi connectivity index (χ0) is 26.7. The van der Waals surface area contributed by atoms with Gasteiger partial charge in [-0.2, -0.15) is 0 Å². The SMILES string of the molecule is CC(=O)NCCNc1cc(NC(=O)CN2CCN(/C(C)=C\c3ccccc3)CC2)nc(-c2ccccc2)n1. The number of nitrogens with one attached hydrogen (secondary N) is 3. The third kappa shape index (κ3) is 8.14. The van der Waals surface area contributed by atoms with Gasteiger partial charge in [0.25, 0.3) is 0 Å². The molecule has 2 aromatic carbocycles. The first-order valence-electron chi connectivity index (χ1n) is 12.9. The van der Waals surface area contributed by atoms with E-state index >= 15 is 0 Å². The van der Waals surface area contributed by atoms with Crippen molar-refractivity contribution in [3.63, 3.8) is 0 Å². The first kappa shape index (κ1) is 26.8. The van der Waals surface area contributed by atoms with Crippen LogP contribution in [0.5, 0.6) is 0 Å². The molecule has 3 aromatic rings. The van der Waals surface area contributed by atoms with Gasteiger partial charge in [0.15, 0.2) is 5.82 Å². The molecule has 0 bridgehead atoms. The largest absolute Gasteiger partial charge is 0.372 e. The van der Waals surface area contributed by atoms with Crippen LogP contribution in [0, 0.1) is 0 Å². The zero-order valence-electron chi connectivity index (χ0n) is 22.0. The van der Waals surface area contributed by atoms with E-state index in [4.69, 9.17) is 0 Å². The molecule has 1 aliphatic heterocycles. The molecule has 1 aliphatic rings. The first-order chi connectivity index (χ1) is 18.5. The molecule has 0 unspecified atom stereocenters. The second kappa shape index (κ2) is 13.3. The minimum absolute atomic E-state index is 0.0874. The minimum atomic E-state index is -0.114. The number of allylic oxidation sites excluding steroid dienone is 1. The lowest BCUT2D eigenvalue weighted by Gasteiger charge is -2.36. The molecule has 0 atom stereocenters. The van der Waals surface area contributed by atoms with Crippen molar-refractivity contribution in [2.45, 2.75) is 13.8 Å². The average molecular weight is 514 g/mol. The summed E-state index contributed by atoms with van der Waals surface area (Å²) in [7, 11) is 0. The summed E-state index contributed by atoms with van der Waals surface area (Å²) in [6, 6.07) is 21.6. The van der Waals surface area contributed by atoms with Crippen molar-refractivity contribution < 1.29 is 9.59 Å². The van der Waals surface area contributed by atoms with E-state index < -0.39 is 0 Å². The molecule has 9 heteroatoms. The predicted molar refractivity (Wildman–Crippen MR) is 151 cm³/mol. The molecule has 1 fully saturated rings. The molecule has 2 amide bonds. The molecule has 9 nitrogen and oxygen atoms in total. The number of carbonyl (C=O) groups excluding carboxylic acids is 2. The maximum atomic E-state index is 12.9. The van der Waals surface area contributed by atoms with Crippen LogP contribution in [0.2, 0.25) is 0 Å². The molecule has 2 heterocycles. The molecular weight excluding hydrogens is 478 g/mol. The van der Waals surface area contributed by atoms with Crippen molar-refractivity contribution in [3.05, 3.63) is 78.0 Å². The summed E-state index contributed by atoms with van der Waals surface area (Å²) in [5.74, 6) is 1.33. The molecule has 38 heavy (non-hydrogen) atoms. The Morgan fingerprint density at radius 2 is 1.53 bits per heavy atom. The Bertz CT molecular complexity index is 1240. The Kier molecular flexibility index (Phi) is 9.42. The fourth-order valence-corrected chi connectivity index (χ4v) is 4.27. The van der Waals surface area contributed by atoms with Crippen LogP contribution in [0.1, 0.15) is 19.4 Å². The topological polar surface area (TPSA) is 102 Å². The van der Waals surface area contributed by atoms with Crippen LogP contribution in [-0.4, -0.2) is 77.4 Å². The maximum absolute atomic E-state index is 12.9. The minimum Gasteiger partial charge on any atom is -0.372 e. The van der Waals surface area contributed by atoms with E-state index in [0.717, 1.165) is 31.7 Å². The summed E-state index contributed by atoms with van der Waals surface area (Å²) < 4.78 is 0.